The Morgan fingerprint density at radius 1 is 1.62 bits per heavy atom. The van der Waals surface area contributed by atoms with Gasteiger partial charge in [0.2, 0.25) is 9.21 Å². The van der Waals surface area contributed by atoms with Crippen LogP contribution in [-0.4, -0.2) is 27.8 Å². The van der Waals surface area contributed by atoms with Crippen LogP contribution in [0.3, 0.4) is 0 Å². The number of alkyl halides is 3. The third-order valence-electron chi connectivity index (χ3n) is 2.45. The number of hydrogen-bond acceptors (Lipinski definition) is 5. The molecular weight excluding hydrogens is 282 g/mol. The van der Waals surface area contributed by atoms with E-state index in [4.69, 9.17) is 40.1 Å². The van der Waals surface area contributed by atoms with Gasteiger partial charge in [0.05, 0.1) is 13.2 Å². The Morgan fingerprint density at radius 3 is 2.31 bits per heavy atom. The molecule has 9 heteroatoms. The molecule has 3 atom stereocenters. The van der Waals surface area contributed by atoms with Crippen LogP contribution in [0.5, 0.6) is 0 Å². The molecule has 0 aromatic heterocycles. The van der Waals surface area contributed by atoms with Gasteiger partial charge in [0.15, 0.2) is 0 Å². The van der Waals surface area contributed by atoms with Crippen molar-refractivity contribution in [2.45, 2.75) is 9.83 Å². The van der Waals surface area contributed by atoms with Crippen LogP contribution in [0.2, 0.25) is 0 Å². The van der Waals surface area contributed by atoms with Gasteiger partial charge in [-0.25, -0.2) is 0 Å². The second-order valence-electron chi connectivity index (χ2n) is 3.22. The van der Waals surface area contributed by atoms with Crippen LogP contribution < -0.4 is 0 Å². The molecule has 0 radical (unpaired) electrons. The van der Waals surface area contributed by atoms with Crippen molar-refractivity contribution in [1.82, 2.24) is 0 Å². The number of halogens is 3. The minimum absolute atomic E-state index is 0.813. The maximum atomic E-state index is 11.4. The van der Waals surface area contributed by atoms with Crippen LogP contribution in [0, 0.1) is 32.8 Å². The van der Waals surface area contributed by atoms with Gasteiger partial charge in [-0.2, -0.15) is 5.26 Å². The Balaban J connectivity index is 3.18. The molecule has 1 aliphatic carbocycles. The average molecular weight is 287 g/mol. The fourth-order valence-electron chi connectivity index (χ4n) is 1.69. The molecule has 6 nitrogen and oxygen atoms in total. The molecular formula is C7H5Cl3N2O4. The summed E-state index contributed by atoms with van der Waals surface area (Å²) in [7, 11) is 1.01. The molecule has 0 heterocycles. The van der Waals surface area contributed by atoms with Crippen LogP contribution in [0.15, 0.2) is 0 Å². The third-order valence-corrected chi connectivity index (χ3v) is 3.16. The number of methoxy groups -OCH3 is 1. The second-order valence-corrected chi connectivity index (χ2v) is 5.59. The number of rotatable bonds is 2. The van der Waals surface area contributed by atoms with Crippen molar-refractivity contribution in [2.75, 3.05) is 7.11 Å². The summed E-state index contributed by atoms with van der Waals surface area (Å²) in [5, 5.41) is 19.6. The van der Waals surface area contributed by atoms with E-state index in [1.807, 2.05) is 0 Å². The highest BCUT2D eigenvalue weighted by molar-refractivity contribution is 6.68. The maximum Gasteiger partial charge on any atom is 0.334 e. The number of carbonyl (C=O) groups is 1. The molecule has 0 bridgehead atoms. The topological polar surface area (TPSA) is 93.2 Å². The van der Waals surface area contributed by atoms with Crippen LogP contribution in [0.1, 0.15) is 0 Å². The van der Waals surface area contributed by atoms with E-state index in [1.165, 1.54) is 6.07 Å². The summed E-state index contributed by atoms with van der Waals surface area (Å²) >= 11 is 16.5. The molecule has 0 aliphatic heterocycles. The van der Waals surface area contributed by atoms with Crippen molar-refractivity contribution in [2.24, 2.45) is 11.3 Å². The number of ether oxygens (including phenoxy) is 1. The van der Waals surface area contributed by atoms with Crippen LogP contribution in [0.4, 0.5) is 0 Å². The lowest BCUT2D eigenvalue weighted by atomic mass is 10.1. The highest BCUT2D eigenvalue weighted by atomic mass is 35.6. The molecule has 0 saturated heterocycles. The zero-order chi connectivity index (χ0) is 12.7. The van der Waals surface area contributed by atoms with Gasteiger partial charge in [0.1, 0.15) is 5.92 Å². The number of esters is 1. The molecule has 0 spiro atoms. The van der Waals surface area contributed by atoms with Gasteiger partial charge in [-0.05, 0) is 0 Å². The molecule has 0 amide bonds. The molecule has 1 rings (SSSR count). The first kappa shape index (κ1) is 13.3. The summed E-state index contributed by atoms with van der Waals surface area (Å²) in [6.07, 6.45) is 0. The highest BCUT2D eigenvalue weighted by Crippen LogP contribution is 2.64. The molecule has 0 N–H and O–H groups in total. The summed E-state index contributed by atoms with van der Waals surface area (Å²) in [5.41, 5.74) is -2.01. The first-order valence-electron chi connectivity index (χ1n) is 3.93. The fourth-order valence-corrected chi connectivity index (χ4v) is 2.57. The number of carbonyl (C=O) groups excluding carboxylic acids is 1. The Bertz CT molecular complexity index is 388. The maximum absolute atomic E-state index is 11.4. The van der Waals surface area contributed by atoms with Gasteiger partial charge in [-0.15, -0.1) is 0 Å². The summed E-state index contributed by atoms with van der Waals surface area (Å²) in [4.78, 5) is 21.2. The van der Waals surface area contributed by atoms with Crippen LogP contribution in [0.25, 0.3) is 0 Å². The molecule has 0 aromatic rings. The minimum atomic E-state index is -2.07. The largest absolute Gasteiger partial charge is 0.468 e. The Labute approximate surface area is 105 Å². The fraction of sp³-hybridized carbons (Fsp3) is 0.714. The Hall–Kier alpha value is -0.770. The van der Waals surface area contributed by atoms with Gasteiger partial charge < -0.3 is 4.74 Å². The van der Waals surface area contributed by atoms with Gasteiger partial charge in [0.25, 0.3) is 6.04 Å². The molecule has 16 heavy (non-hydrogen) atoms. The zero-order valence-electron chi connectivity index (χ0n) is 7.82. The number of hydrogen-bond donors (Lipinski definition) is 0. The summed E-state index contributed by atoms with van der Waals surface area (Å²) < 4.78 is 2.26. The monoisotopic (exact) mass is 286 g/mol. The summed E-state index contributed by atoms with van der Waals surface area (Å²) in [6.45, 7) is 0. The predicted octanol–water partition coefficient (Wildman–Crippen LogP) is 1.31. The SMILES string of the molecule is COC(=O)C1(C#N)[C@H]([N+](=O)[O-])[C@H]1C(Cl)(Cl)Cl. The lowest BCUT2D eigenvalue weighted by Crippen LogP contribution is -2.24. The van der Waals surface area contributed by atoms with E-state index >= 15 is 0 Å². The lowest BCUT2D eigenvalue weighted by Gasteiger charge is -2.09. The van der Waals surface area contributed by atoms with Crippen LogP contribution in [-0.2, 0) is 9.53 Å². The van der Waals surface area contributed by atoms with E-state index in [9.17, 15) is 14.9 Å². The highest BCUT2D eigenvalue weighted by Gasteiger charge is 2.86. The van der Waals surface area contributed by atoms with E-state index in [-0.39, 0.29) is 0 Å². The second kappa shape index (κ2) is 3.91. The number of nitriles is 1. The lowest BCUT2D eigenvalue weighted by molar-refractivity contribution is -0.502. The summed E-state index contributed by atoms with van der Waals surface area (Å²) in [5.74, 6) is -2.37. The number of nitrogens with zero attached hydrogens (tertiary/aromatic N) is 2. The molecule has 88 valence electrons. The molecule has 0 aromatic carbocycles. The first-order chi connectivity index (χ1) is 7.23. The van der Waals surface area contributed by atoms with E-state index in [2.05, 4.69) is 4.74 Å². The van der Waals surface area contributed by atoms with Crippen molar-refractivity contribution >= 4 is 40.8 Å². The van der Waals surface area contributed by atoms with Crippen molar-refractivity contribution in [3.8, 4) is 6.07 Å². The van der Waals surface area contributed by atoms with Crippen molar-refractivity contribution < 1.29 is 14.5 Å². The Kier molecular flexibility index (Phi) is 3.25. The number of nitro groups is 1. The standard InChI is InChI=1S/C7H5Cl3N2O4/c1-16-5(13)6(2-11)3(7(8,9)10)4(6)12(14)15/h3-4H,1H3/t3-,4-,6?/m1/s1. The Morgan fingerprint density at radius 2 is 2.12 bits per heavy atom. The van der Waals surface area contributed by atoms with E-state index in [0.717, 1.165) is 7.11 Å². The minimum Gasteiger partial charge on any atom is -0.468 e. The zero-order valence-corrected chi connectivity index (χ0v) is 10.1. The van der Waals surface area contributed by atoms with Crippen molar-refractivity contribution in [3.63, 3.8) is 0 Å². The van der Waals surface area contributed by atoms with Crippen molar-refractivity contribution in [3.05, 3.63) is 10.1 Å². The van der Waals surface area contributed by atoms with E-state index in [1.54, 1.807) is 0 Å². The quantitative estimate of drug-likeness (QED) is 0.330. The van der Waals surface area contributed by atoms with Crippen LogP contribution >= 0.6 is 34.8 Å². The van der Waals surface area contributed by atoms with Gasteiger partial charge >= 0.3 is 5.97 Å². The smallest absolute Gasteiger partial charge is 0.334 e. The van der Waals surface area contributed by atoms with Crippen molar-refractivity contribution in [1.29, 1.82) is 5.26 Å². The molecule has 1 saturated carbocycles. The first-order valence-corrected chi connectivity index (χ1v) is 5.06. The van der Waals surface area contributed by atoms with Gasteiger partial charge in [-0.1, -0.05) is 34.8 Å². The van der Waals surface area contributed by atoms with E-state index < -0.39 is 32.1 Å². The summed E-state index contributed by atoms with van der Waals surface area (Å²) in [6, 6.07) is -0.0363. The van der Waals surface area contributed by atoms with Gasteiger partial charge in [0, 0.05) is 4.92 Å². The average Bonchev–Trinajstić information content (AvgIpc) is 2.86. The molecule has 1 unspecified atom stereocenters. The predicted molar refractivity (Wildman–Crippen MR) is 54.6 cm³/mol. The molecule has 1 fully saturated rings. The molecule has 1 aliphatic rings. The third kappa shape index (κ3) is 1.69. The van der Waals surface area contributed by atoms with Gasteiger partial charge in [-0.3, -0.25) is 14.9 Å². The van der Waals surface area contributed by atoms with E-state index in [0.29, 0.717) is 0 Å². The normalized spacial score (nSPS) is 32.7.